The lowest BCUT2D eigenvalue weighted by Gasteiger charge is -2.19. The van der Waals surface area contributed by atoms with Crippen molar-refractivity contribution < 1.29 is 10.2 Å². The van der Waals surface area contributed by atoms with Crippen molar-refractivity contribution in [1.29, 1.82) is 0 Å². The molecule has 5 N–H and O–H groups in total. The molecule has 8 heteroatoms. The zero-order valence-electron chi connectivity index (χ0n) is 19.0. The van der Waals surface area contributed by atoms with Crippen LogP contribution < -0.4 is 11.1 Å². The number of rotatable bonds is 7. The SMILES string of the molecule is Nc1ncnc2c1ccn2[C@@H]1C[C@H](CCc2ccc3ccc(NCC4CC4)nc3c2)[C@@H](O)[C@H]1O. The van der Waals surface area contributed by atoms with E-state index < -0.39 is 12.2 Å². The maximum Gasteiger partial charge on any atom is 0.145 e. The highest BCUT2D eigenvalue weighted by atomic mass is 16.3. The van der Waals surface area contributed by atoms with Gasteiger partial charge in [0, 0.05) is 18.1 Å². The standard InChI is InChI=1S/C26H30N6O2/c27-25-19-9-10-32(26(19)30-14-29-25)21-12-18(23(33)24(21)34)6-4-15-3-5-17-7-8-22(31-20(17)11-15)28-13-16-1-2-16/h3,5,7-11,14,16,18,21,23-24,33-34H,1-2,4,6,12-13H2,(H,28,31)(H2,27,29,30)/t18-,21+,23+,24-/m0/s1. The lowest BCUT2D eigenvalue weighted by Crippen LogP contribution is -2.29. The third kappa shape index (κ3) is 3.97. The molecule has 0 radical (unpaired) electrons. The minimum atomic E-state index is -0.852. The quantitative estimate of drug-likeness (QED) is 0.335. The van der Waals surface area contributed by atoms with Crippen LogP contribution in [0.2, 0.25) is 0 Å². The number of benzene rings is 1. The maximum atomic E-state index is 10.8. The van der Waals surface area contributed by atoms with Crippen molar-refractivity contribution in [2.45, 2.75) is 50.4 Å². The Bertz CT molecular complexity index is 1330. The number of hydrogen-bond acceptors (Lipinski definition) is 7. The molecule has 0 saturated heterocycles. The largest absolute Gasteiger partial charge is 0.390 e. The molecule has 8 nitrogen and oxygen atoms in total. The zero-order valence-corrected chi connectivity index (χ0v) is 19.0. The Balaban J connectivity index is 1.15. The van der Waals surface area contributed by atoms with Crippen LogP contribution in [-0.2, 0) is 6.42 Å². The minimum Gasteiger partial charge on any atom is -0.390 e. The molecular formula is C26H30N6O2. The summed E-state index contributed by atoms with van der Waals surface area (Å²) < 4.78 is 1.93. The summed E-state index contributed by atoms with van der Waals surface area (Å²) in [5.41, 5.74) is 8.83. The number of nitrogen functional groups attached to an aromatic ring is 1. The Morgan fingerprint density at radius 1 is 1.06 bits per heavy atom. The molecule has 2 aliphatic rings. The molecule has 34 heavy (non-hydrogen) atoms. The van der Waals surface area contributed by atoms with Crippen LogP contribution in [0.1, 0.15) is 37.3 Å². The number of aliphatic hydroxyl groups excluding tert-OH is 2. The minimum absolute atomic E-state index is 0.00756. The van der Waals surface area contributed by atoms with Gasteiger partial charge >= 0.3 is 0 Å². The van der Waals surface area contributed by atoms with Gasteiger partial charge < -0.3 is 25.8 Å². The number of hydrogen-bond donors (Lipinski definition) is 4. The van der Waals surface area contributed by atoms with E-state index in [9.17, 15) is 10.2 Å². The Kier molecular flexibility index (Phi) is 5.34. The summed E-state index contributed by atoms with van der Waals surface area (Å²) in [7, 11) is 0. The smallest absolute Gasteiger partial charge is 0.145 e. The molecule has 4 aromatic rings. The van der Waals surface area contributed by atoms with Gasteiger partial charge in [0.25, 0.3) is 0 Å². The van der Waals surface area contributed by atoms with Gasteiger partial charge in [0.1, 0.15) is 29.7 Å². The summed E-state index contributed by atoms with van der Waals surface area (Å²) in [6.07, 6.45) is 6.60. The van der Waals surface area contributed by atoms with Crippen molar-refractivity contribution in [3.63, 3.8) is 0 Å². The number of anilines is 2. The summed E-state index contributed by atoms with van der Waals surface area (Å²) in [5, 5.41) is 27.0. The van der Waals surface area contributed by atoms with E-state index in [-0.39, 0.29) is 12.0 Å². The van der Waals surface area contributed by atoms with Crippen LogP contribution in [0, 0.1) is 11.8 Å². The molecule has 0 bridgehead atoms. The van der Waals surface area contributed by atoms with E-state index in [4.69, 9.17) is 10.7 Å². The van der Waals surface area contributed by atoms with Crippen LogP contribution in [0.15, 0.2) is 48.9 Å². The van der Waals surface area contributed by atoms with Gasteiger partial charge in [-0.05, 0) is 73.8 Å². The normalized spacial score (nSPS) is 24.8. The number of fused-ring (bicyclic) bond motifs is 2. The van der Waals surface area contributed by atoms with Crippen LogP contribution in [0.5, 0.6) is 0 Å². The van der Waals surface area contributed by atoms with Gasteiger partial charge in [0.15, 0.2) is 0 Å². The molecule has 2 aliphatic carbocycles. The monoisotopic (exact) mass is 458 g/mol. The van der Waals surface area contributed by atoms with Crippen LogP contribution in [0.3, 0.4) is 0 Å². The van der Waals surface area contributed by atoms with Gasteiger partial charge in [0.05, 0.1) is 23.0 Å². The lowest BCUT2D eigenvalue weighted by molar-refractivity contribution is 0.00545. The molecule has 2 saturated carbocycles. The number of nitrogens with zero attached hydrogens (tertiary/aromatic N) is 4. The van der Waals surface area contributed by atoms with Gasteiger partial charge in [-0.1, -0.05) is 12.1 Å². The first-order chi connectivity index (χ1) is 16.6. The first-order valence-corrected chi connectivity index (χ1v) is 12.1. The number of nitrogens with one attached hydrogen (secondary N) is 1. The molecule has 176 valence electrons. The topological polar surface area (TPSA) is 122 Å². The van der Waals surface area contributed by atoms with Crippen LogP contribution >= 0.6 is 0 Å². The van der Waals surface area contributed by atoms with Gasteiger partial charge in [-0.3, -0.25) is 0 Å². The Labute approximate surface area is 197 Å². The second kappa shape index (κ2) is 8.52. The van der Waals surface area contributed by atoms with E-state index in [0.29, 0.717) is 17.9 Å². The number of aryl methyl sites for hydroxylation is 1. The summed E-state index contributed by atoms with van der Waals surface area (Å²) >= 11 is 0. The van der Waals surface area contributed by atoms with Gasteiger partial charge in [-0.2, -0.15) is 0 Å². The predicted molar refractivity (Wildman–Crippen MR) is 132 cm³/mol. The second-order valence-corrected chi connectivity index (χ2v) is 9.85. The molecule has 0 spiro atoms. The fraction of sp³-hybridized carbons (Fsp3) is 0.423. The Morgan fingerprint density at radius 2 is 1.91 bits per heavy atom. The van der Waals surface area contributed by atoms with Gasteiger partial charge in [-0.15, -0.1) is 0 Å². The van der Waals surface area contributed by atoms with E-state index >= 15 is 0 Å². The van der Waals surface area contributed by atoms with E-state index in [0.717, 1.165) is 47.4 Å². The lowest BCUT2D eigenvalue weighted by atomic mass is 9.95. The molecule has 3 heterocycles. The molecule has 1 aromatic carbocycles. The van der Waals surface area contributed by atoms with E-state index in [1.54, 1.807) is 0 Å². The first-order valence-electron chi connectivity index (χ1n) is 12.1. The summed E-state index contributed by atoms with van der Waals surface area (Å²) in [6.45, 7) is 0.997. The molecule has 6 rings (SSSR count). The average Bonchev–Trinajstić information content (AvgIpc) is 3.52. The van der Waals surface area contributed by atoms with Gasteiger partial charge in [0.2, 0.25) is 0 Å². The summed E-state index contributed by atoms with van der Waals surface area (Å²) in [5.74, 6) is 2.14. The maximum absolute atomic E-state index is 10.8. The summed E-state index contributed by atoms with van der Waals surface area (Å²) in [6, 6.07) is 12.2. The zero-order chi connectivity index (χ0) is 23.2. The molecule has 4 atom stereocenters. The van der Waals surface area contributed by atoms with Crippen LogP contribution in [0.25, 0.3) is 21.9 Å². The molecule has 3 aromatic heterocycles. The fourth-order valence-electron chi connectivity index (χ4n) is 5.26. The predicted octanol–water partition coefficient (Wildman–Crippen LogP) is 3.30. The highest BCUT2D eigenvalue weighted by molar-refractivity contribution is 5.86. The molecule has 0 amide bonds. The van der Waals surface area contributed by atoms with Crippen LogP contribution in [0.4, 0.5) is 11.6 Å². The van der Waals surface area contributed by atoms with Crippen molar-refractivity contribution in [1.82, 2.24) is 19.5 Å². The van der Waals surface area contributed by atoms with E-state index in [1.165, 1.54) is 24.7 Å². The number of nitrogens with two attached hydrogens (primary N) is 1. The van der Waals surface area contributed by atoms with E-state index in [2.05, 4.69) is 39.6 Å². The van der Waals surface area contributed by atoms with Gasteiger partial charge in [-0.25, -0.2) is 15.0 Å². The molecule has 0 unspecified atom stereocenters. The van der Waals surface area contributed by atoms with Crippen molar-refractivity contribution in [2.24, 2.45) is 11.8 Å². The van der Waals surface area contributed by atoms with Crippen LogP contribution in [-0.4, -0.2) is 48.5 Å². The van der Waals surface area contributed by atoms with Crippen molar-refractivity contribution in [3.05, 3.63) is 54.5 Å². The van der Waals surface area contributed by atoms with E-state index in [1.807, 2.05) is 22.9 Å². The first kappa shape index (κ1) is 21.3. The highest BCUT2D eigenvalue weighted by Crippen LogP contribution is 2.39. The van der Waals surface area contributed by atoms with Crippen molar-refractivity contribution in [3.8, 4) is 0 Å². The molecule has 2 fully saturated rings. The second-order valence-electron chi connectivity index (χ2n) is 9.85. The number of aromatic nitrogens is 4. The summed E-state index contributed by atoms with van der Waals surface area (Å²) in [4.78, 5) is 13.2. The average molecular weight is 459 g/mol. The third-order valence-corrected chi connectivity index (χ3v) is 7.50. The number of aliphatic hydroxyl groups is 2. The Morgan fingerprint density at radius 3 is 2.76 bits per heavy atom. The molecule has 0 aliphatic heterocycles. The Hall–Kier alpha value is -3.23. The number of pyridine rings is 1. The van der Waals surface area contributed by atoms with Crippen molar-refractivity contribution >= 4 is 33.6 Å². The van der Waals surface area contributed by atoms with Crippen molar-refractivity contribution in [2.75, 3.05) is 17.6 Å². The molecular weight excluding hydrogens is 428 g/mol. The fourth-order valence-corrected chi connectivity index (χ4v) is 5.26. The highest BCUT2D eigenvalue weighted by Gasteiger charge is 2.42. The third-order valence-electron chi connectivity index (χ3n) is 7.50.